The van der Waals surface area contributed by atoms with Crippen molar-refractivity contribution in [3.05, 3.63) is 93.0 Å². The van der Waals surface area contributed by atoms with E-state index in [1.807, 2.05) is 41.2 Å². The van der Waals surface area contributed by atoms with Gasteiger partial charge in [0.25, 0.3) is 5.91 Å². The molecule has 2 aromatic carbocycles. The third kappa shape index (κ3) is 6.75. The number of ether oxygens (including phenoxy) is 1. The predicted octanol–water partition coefficient (Wildman–Crippen LogP) is 4.41. The minimum atomic E-state index is -0.249. The number of aromatic amines is 1. The van der Waals surface area contributed by atoms with Gasteiger partial charge in [0.2, 0.25) is 5.56 Å². The number of benzene rings is 2. The van der Waals surface area contributed by atoms with Crippen LogP contribution in [0.25, 0.3) is 21.9 Å². The second-order valence-electron chi connectivity index (χ2n) is 11.7. The first-order valence-corrected chi connectivity index (χ1v) is 16.1. The largest absolute Gasteiger partial charge is 0.506 e. The summed E-state index contributed by atoms with van der Waals surface area (Å²) >= 11 is 0. The molecule has 6 rings (SSSR count). The van der Waals surface area contributed by atoms with Crippen molar-refractivity contribution in [3.8, 4) is 5.75 Å². The van der Waals surface area contributed by atoms with Crippen molar-refractivity contribution in [2.45, 2.75) is 65.2 Å². The number of anilines is 1. The molecule has 11 nitrogen and oxygen atoms in total. The van der Waals surface area contributed by atoms with Crippen LogP contribution < -0.4 is 21.5 Å². The highest BCUT2D eigenvalue weighted by atomic mass is 16.5. The Morgan fingerprint density at radius 3 is 2.74 bits per heavy atom. The maximum Gasteiger partial charge on any atom is 0.251 e. The van der Waals surface area contributed by atoms with E-state index in [1.165, 1.54) is 6.07 Å². The average Bonchev–Trinajstić information content (AvgIpc) is 3.50. The van der Waals surface area contributed by atoms with Gasteiger partial charge < -0.3 is 30.8 Å². The Bertz CT molecular complexity index is 1910. The highest BCUT2D eigenvalue weighted by Crippen LogP contribution is 2.31. The lowest BCUT2D eigenvalue weighted by molar-refractivity contribution is 0.0904. The van der Waals surface area contributed by atoms with Gasteiger partial charge >= 0.3 is 0 Å². The number of phenolic OH excluding ortho intramolecular Hbond substituents is 1. The number of nitrogens with zero attached hydrogens (tertiary/aromatic N) is 3. The summed E-state index contributed by atoms with van der Waals surface area (Å²) in [7, 11) is 0. The quantitative estimate of drug-likeness (QED) is 0.129. The molecule has 46 heavy (non-hydrogen) atoms. The van der Waals surface area contributed by atoms with Crippen molar-refractivity contribution in [1.29, 1.82) is 0 Å². The number of pyridine rings is 2. The first-order chi connectivity index (χ1) is 22.4. The number of aromatic hydroxyl groups is 1. The standard InChI is InChI=1S/C35H41N7O4/c1-3-29-27(32(39-25-13-16-46-17-14-25)28-21-38-42(4-2)34(28)40-29)20-37-35(45)24-7-5-6-22(18-24)19-36-15-12-23-8-10-30(43)33-26(23)9-11-31(44)41-33/h5-11,18,21,25,36,43H,3-4,12-17,19-20H2,1-2H3,(H,37,45)(H,39,40)(H,41,44). The van der Waals surface area contributed by atoms with Gasteiger partial charge in [0.15, 0.2) is 5.65 Å². The van der Waals surface area contributed by atoms with Gasteiger partial charge in [-0.3, -0.25) is 9.59 Å². The van der Waals surface area contributed by atoms with Crippen LogP contribution in [0.1, 0.15) is 59.4 Å². The van der Waals surface area contributed by atoms with Gasteiger partial charge in [0, 0.05) is 67.2 Å². The van der Waals surface area contributed by atoms with Crippen LogP contribution in [0.3, 0.4) is 0 Å². The average molecular weight is 624 g/mol. The van der Waals surface area contributed by atoms with Gasteiger partial charge in [-0.2, -0.15) is 5.10 Å². The van der Waals surface area contributed by atoms with E-state index in [4.69, 9.17) is 9.72 Å². The van der Waals surface area contributed by atoms with Crippen molar-refractivity contribution in [2.75, 3.05) is 25.1 Å². The predicted molar refractivity (Wildman–Crippen MR) is 179 cm³/mol. The smallest absolute Gasteiger partial charge is 0.251 e. The maximum atomic E-state index is 13.4. The van der Waals surface area contributed by atoms with Crippen molar-refractivity contribution in [2.24, 2.45) is 0 Å². The highest BCUT2D eigenvalue weighted by Gasteiger charge is 2.22. The lowest BCUT2D eigenvalue weighted by atomic mass is 10.0. The molecule has 0 aliphatic carbocycles. The molecule has 240 valence electrons. The number of H-pyrrole nitrogens is 1. The van der Waals surface area contributed by atoms with Crippen LogP contribution in [-0.4, -0.2) is 56.6 Å². The van der Waals surface area contributed by atoms with Gasteiger partial charge in [0.1, 0.15) is 5.75 Å². The Balaban J connectivity index is 1.13. The van der Waals surface area contributed by atoms with E-state index in [0.717, 1.165) is 83.5 Å². The lowest BCUT2D eigenvalue weighted by Crippen LogP contribution is -2.30. The third-order valence-electron chi connectivity index (χ3n) is 8.65. The molecule has 0 unspecified atom stereocenters. The second-order valence-corrected chi connectivity index (χ2v) is 11.7. The molecule has 0 atom stereocenters. The molecule has 4 heterocycles. The van der Waals surface area contributed by atoms with Crippen LogP contribution in [0.15, 0.2) is 59.5 Å². The number of amides is 1. The molecule has 1 aliphatic rings. The van der Waals surface area contributed by atoms with E-state index in [9.17, 15) is 14.7 Å². The Morgan fingerprint density at radius 2 is 1.93 bits per heavy atom. The number of fused-ring (bicyclic) bond motifs is 2. The van der Waals surface area contributed by atoms with Crippen LogP contribution in [-0.2, 0) is 37.2 Å². The maximum absolute atomic E-state index is 13.4. The second kappa shape index (κ2) is 14.1. The Labute approximate surface area is 267 Å². The Hall–Kier alpha value is -4.74. The van der Waals surface area contributed by atoms with E-state index in [2.05, 4.69) is 39.9 Å². The zero-order valence-electron chi connectivity index (χ0n) is 26.4. The topological polar surface area (TPSA) is 146 Å². The van der Waals surface area contributed by atoms with Crippen LogP contribution in [0, 0.1) is 0 Å². The molecule has 3 aromatic heterocycles. The van der Waals surface area contributed by atoms with Crippen LogP contribution in [0.5, 0.6) is 5.75 Å². The number of hydrogen-bond donors (Lipinski definition) is 5. The minimum absolute atomic E-state index is 0.0571. The fraction of sp³-hybridized carbons (Fsp3) is 0.371. The lowest BCUT2D eigenvalue weighted by Gasteiger charge is -2.26. The van der Waals surface area contributed by atoms with Crippen LogP contribution >= 0.6 is 0 Å². The molecular weight excluding hydrogens is 582 g/mol. The molecule has 0 radical (unpaired) electrons. The van der Waals surface area contributed by atoms with E-state index in [-0.39, 0.29) is 23.3 Å². The van der Waals surface area contributed by atoms with Crippen molar-refractivity contribution >= 4 is 33.5 Å². The van der Waals surface area contributed by atoms with Gasteiger partial charge in [-0.1, -0.05) is 25.1 Å². The number of phenols is 1. The summed E-state index contributed by atoms with van der Waals surface area (Å²) in [5, 5.41) is 26.9. The fourth-order valence-corrected chi connectivity index (χ4v) is 6.16. The summed E-state index contributed by atoms with van der Waals surface area (Å²) < 4.78 is 7.50. The van der Waals surface area contributed by atoms with E-state index < -0.39 is 0 Å². The molecule has 0 spiro atoms. The minimum Gasteiger partial charge on any atom is -0.506 e. The van der Waals surface area contributed by atoms with Crippen molar-refractivity contribution < 1.29 is 14.6 Å². The molecule has 1 aliphatic heterocycles. The molecule has 11 heteroatoms. The first kappa shape index (κ1) is 31.3. The van der Waals surface area contributed by atoms with Gasteiger partial charge in [-0.25, -0.2) is 9.67 Å². The van der Waals surface area contributed by atoms with Crippen molar-refractivity contribution in [1.82, 2.24) is 30.4 Å². The normalized spacial score (nSPS) is 13.8. The van der Waals surface area contributed by atoms with E-state index in [0.29, 0.717) is 37.1 Å². The fourth-order valence-electron chi connectivity index (χ4n) is 6.16. The number of hydrogen-bond acceptors (Lipinski definition) is 8. The number of aryl methyl sites for hydroxylation is 2. The number of carbonyl (C=O) groups is 1. The first-order valence-electron chi connectivity index (χ1n) is 16.1. The monoisotopic (exact) mass is 623 g/mol. The van der Waals surface area contributed by atoms with Crippen LogP contribution in [0.2, 0.25) is 0 Å². The SMILES string of the molecule is CCc1nc2c(cnn2CC)c(NC2CCOCC2)c1CNC(=O)c1cccc(CNCCc2ccc(O)c3[nH]c(=O)ccc23)c1. The molecule has 0 saturated carbocycles. The van der Waals surface area contributed by atoms with Gasteiger partial charge in [-0.05, 0) is 74.5 Å². The van der Waals surface area contributed by atoms with E-state index >= 15 is 0 Å². The zero-order chi connectivity index (χ0) is 32.0. The summed E-state index contributed by atoms with van der Waals surface area (Å²) in [6.45, 7) is 7.96. The number of nitrogens with one attached hydrogen (secondary N) is 4. The van der Waals surface area contributed by atoms with Crippen LogP contribution in [0.4, 0.5) is 5.69 Å². The zero-order valence-corrected chi connectivity index (χ0v) is 26.4. The highest BCUT2D eigenvalue weighted by molar-refractivity contribution is 5.95. The molecule has 1 fully saturated rings. The molecule has 1 amide bonds. The summed E-state index contributed by atoms with van der Waals surface area (Å²) in [6.07, 6.45) is 5.16. The summed E-state index contributed by atoms with van der Waals surface area (Å²) in [6, 6.07) is 14.6. The molecular formula is C35H41N7O4. The van der Waals surface area contributed by atoms with E-state index in [1.54, 1.807) is 12.1 Å². The molecule has 5 aromatic rings. The number of carbonyl (C=O) groups excluding carboxylic acids is 1. The number of rotatable bonds is 12. The molecule has 1 saturated heterocycles. The number of aromatic nitrogens is 4. The van der Waals surface area contributed by atoms with Gasteiger partial charge in [-0.15, -0.1) is 0 Å². The summed E-state index contributed by atoms with van der Waals surface area (Å²) in [5.41, 5.74) is 6.62. The Kier molecular flexibility index (Phi) is 9.60. The van der Waals surface area contributed by atoms with Crippen molar-refractivity contribution in [3.63, 3.8) is 0 Å². The third-order valence-corrected chi connectivity index (χ3v) is 8.65. The van der Waals surface area contributed by atoms with Gasteiger partial charge in [0.05, 0.1) is 22.8 Å². The summed E-state index contributed by atoms with van der Waals surface area (Å²) in [5.74, 6) is -0.0866. The molecule has 0 bridgehead atoms. The molecule has 5 N–H and O–H groups in total. The Morgan fingerprint density at radius 1 is 1.09 bits per heavy atom. The summed E-state index contributed by atoms with van der Waals surface area (Å²) in [4.78, 5) is 32.8.